The Bertz CT molecular complexity index is 997. The molecule has 0 saturated carbocycles. The second kappa shape index (κ2) is 6.23. The van der Waals surface area contributed by atoms with E-state index in [1.54, 1.807) is 6.07 Å². The van der Waals surface area contributed by atoms with Gasteiger partial charge in [0.15, 0.2) is 20.5 Å². The number of hydrogen-bond donors (Lipinski definition) is 1. The summed E-state index contributed by atoms with van der Waals surface area (Å²) in [5.41, 5.74) is -5.77. The summed E-state index contributed by atoms with van der Waals surface area (Å²) < 4.78 is 91.2. The topological polar surface area (TPSA) is 97.7 Å². The maximum atomic E-state index is 12.9. The highest BCUT2D eigenvalue weighted by molar-refractivity contribution is 7.92. The number of phenolic OH excluding ortho intramolecular Hbond substituents is 1. The molecule has 0 bridgehead atoms. The van der Waals surface area contributed by atoms with Gasteiger partial charge in [-0.2, -0.15) is 13.2 Å². The van der Waals surface area contributed by atoms with Crippen molar-refractivity contribution in [1.82, 2.24) is 0 Å². The lowest BCUT2D eigenvalue weighted by Gasteiger charge is -2.17. The summed E-state index contributed by atoms with van der Waals surface area (Å²) >= 11 is 0. The lowest BCUT2D eigenvalue weighted by atomic mass is 10.3. The minimum atomic E-state index is -6.08. The molecule has 0 atom stereocenters. The highest BCUT2D eigenvalue weighted by atomic mass is 32.2. The molecule has 0 aliphatic rings. The maximum absolute atomic E-state index is 12.9. The first-order valence-electron chi connectivity index (χ1n) is 6.46. The van der Waals surface area contributed by atoms with Crippen LogP contribution in [0, 0.1) is 0 Å². The van der Waals surface area contributed by atoms with Gasteiger partial charge in [0.1, 0.15) is 16.4 Å². The molecule has 1 N–H and O–H groups in total. The number of aromatic hydroxyl groups is 1. The first-order valence-corrected chi connectivity index (χ1v) is 9.83. The highest BCUT2D eigenvalue weighted by Gasteiger charge is 2.50. The molecule has 0 unspecified atom stereocenters. The average molecular weight is 396 g/mol. The molecule has 136 valence electrons. The molecule has 0 spiro atoms. The Balaban J connectivity index is 2.88. The van der Waals surface area contributed by atoms with Crippen LogP contribution < -0.4 is 4.74 Å². The molecule has 0 aromatic heterocycles. The van der Waals surface area contributed by atoms with Crippen LogP contribution in [-0.2, 0) is 19.7 Å². The van der Waals surface area contributed by atoms with Gasteiger partial charge >= 0.3 is 5.51 Å². The van der Waals surface area contributed by atoms with E-state index >= 15 is 0 Å². The predicted molar refractivity (Wildman–Crippen MR) is 81.0 cm³/mol. The largest absolute Gasteiger partial charge is 0.506 e. The number of halogens is 3. The molecule has 6 nitrogen and oxygen atoms in total. The van der Waals surface area contributed by atoms with Crippen LogP contribution in [0.4, 0.5) is 13.2 Å². The third kappa shape index (κ3) is 3.71. The van der Waals surface area contributed by atoms with Crippen LogP contribution in [0.1, 0.15) is 0 Å². The molecular formula is C14H11F3O6S2. The Morgan fingerprint density at radius 2 is 1.52 bits per heavy atom. The molecule has 11 heteroatoms. The van der Waals surface area contributed by atoms with E-state index in [1.807, 2.05) is 0 Å². The van der Waals surface area contributed by atoms with Crippen molar-refractivity contribution in [3.05, 3.63) is 42.5 Å². The summed E-state index contributed by atoms with van der Waals surface area (Å²) in [6.07, 6.45) is 0.668. The molecule has 0 heterocycles. The fourth-order valence-electron chi connectivity index (χ4n) is 1.90. The van der Waals surface area contributed by atoms with E-state index in [0.29, 0.717) is 12.3 Å². The third-order valence-corrected chi connectivity index (χ3v) is 5.65. The fourth-order valence-corrected chi connectivity index (χ4v) is 3.74. The lowest BCUT2D eigenvalue weighted by molar-refractivity contribution is -0.0438. The van der Waals surface area contributed by atoms with E-state index in [-0.39, 0.29) is 5.75 Å². The van der Waals surface area contributed by atoms with Crippen molar-refractivity contribution in [3.63, 3.8) is 0 Å². The van der Waals surface area contributed by atoms with Crippen LogP contribution in [0.25, 0.3) is 0 Å². The number of para-hydroxylation sites is 1. The summed E-state index contributed by atoms with van der Waals surface area (Å²) in [5, 5.41) is 9.70. The van der Waals surface area contributed by atoms with Gasteiger partial charge in [-0.05, 0) is 24.3 Å². The molecule has 0 amide bonds. The first kappa shape index (κ1) is 19.1. The van der Waals surface area contributed by atoms with Gasteiger partial charge in [0.2, 0.25) is 0 Å². The van der Waals surface area contributed by atoms with Crippen molar-refractivity contribution in [2.45, 2.75) is 15.3 Å². The number of alkyl halides is 3. The standard InChI is InChI=1S/C14H11F3O6S2/c1-24(19,20)11-8-7-10(18)13(25(21,22)14(15,16)17)12(11)23-9-5-3-2-4-6-9/h2-8,18H,1H3. The second-order valence-electron chi connectivity index (χ2n) is 4.88. The third-order valence-electron chi connectivity index (χ3n) is 2.99. The van der Waals surface area contributed by atoms with E-state index in [2.05, 4.69) is 0 Å². The average Bonchev–Trinajstić information content (AvgIpc) is 2.45. The summed E-state index contributed by atoms with van der Waals surface area (Å²) in [6.45, 7) is 0. The zero-order chi connectivity index (χ0) is 19.0. The van der Waals surface area contributed by atoms with E-state index in [0.717, 1.165) is 6.07 Å². The zero-order valence-corrected chi connectivity index (χ0v) is 14.1. The van der Waals surface area contributed by atoms with Crippen LogP contribution in [0.2, 0.25) is 0 Å². The van der Waals surface area contributed by atoms with Crippen molar-refractivity contribution in [3.8, 4) is 17.2 Å². The Morgan fingerprint density at radius 1 is 0.960 bits per heavy atom. The van der Waals surface area contributed by atoms with Crippen molar-refractivity contribution >= 4 is 19.7 Å². The molecule has 2 rings (SSSR count). The molecule has 0 aliphatic carbocycles. The predicted octanol–water partition coefficient (Wildman–Crippen LogP) is 2.88. The van der Waals surface area contributed by atoms with Gasteiger partial charge in [0, 0.05) is 6.26 Å². The minimum absolute atomic E-state index is 0.114. The monoisotopic (exact) mass is 396 g/mol. The van der Waals surface area contributed by atoms with Gasteiger partial charge in [0.25, 0.3) is 9.84 Å². The van der Waals surface area contributed by atoms with Crippen LogP contribution in [0.3, 0.4) is 0 Å². The van der Waals surface area contributed by atoms with E-state index in [1.165, 1.54) is 24.3 Å². The summed E-state index contributed by atoms with van der Waals surface area (Å²) in [5.74, 6) is -2.52. The smallest absolute Gasteiger partial charge is 0.502 e. The fraction of sp³-hybridized carbons (Fsp3) is 0.143. The highest BCUT2D eigenvalue weighted by Crippen LogP contribution is 2.45. The van der Waals surface area contributed by atoms with Crippen LogP contribution in [0.15, 0.2) is 52.3 Å². The minimum Gasteiger partial charge on any atom is -0.506 e. The quantitative estimate of drug-likeness (QED) is 0.854. The summed E-state index contributed by atoms with van der Waals surface area (Å²) in [7, 11) is -10.2. The molecule has 0 saturated heterocycles. The van der Waals surface area contributed by atoms with Crippen molar-refractivity contribution in [1.29, 1.82) is 0 Å². The number of hydrogen-bond acceptors (Lipinski definition) is 6. The van der Waals surface area contributed by atoms with Gasteiger partial charge in [-0.3, -0.25) is 0 Å². The number of ether oxygens (including phenoxy) is 1. The number of sulfone groups is 2. The Labute approximate surface area is 141 Å². The maximum Gasteiger partial charge on any atom is 0.502 e. The Hall–Kier alpha value is -2.27. The van der Waals surface area contributed by atoms with Crippen molar-refractivity contribution < 1.29 is 39.9 Å². The normalized spacial score (nSPS) is 12.8. The number of benzene rings is 2. The first-order chi connectivity index (χ1) is 11.4. The molecular weight excluding hydrogens is 385 g/mol. The van der Waals surface area contributed by atoms with Crippen molar-refractivity contribution in [2.75, 3.05) is 6.26 Å². The van der Waals surface area contributed by atoms with Crippen molar-refractivity contribution in [2.24, 2.45) is 0 Å². The SMILES string of the molecule is CS(=O)(=O)c1ccc(O)c(S(=O)(=O)C(F)(F)F)c1Oc1ccccc1. The molecule has 2 aromatic carbocycles. The van der Waals surface area contributed by atoms with Gasteiger partial charge < -0.3 is 9.84 Å². The Morgan fingerprint density at radius 3 is 2.00 bits per heavy atom. The van der Waals surface area contributed by atoms with Gasteiger partial charge in [-0.25, -0.2) is 16.8 Å². The van der Waals surface area contributed by atoms with Gasteiger partial charge in [-0.1, -0.05) is 18.2 Å². The lowest BCUT2D eigenvalue weighted by Crippen LogP contribution is -2.24. The van der Waals surface area contributed by atoms with E-state index in [4.69, 9.17) is 4.74 Å². The molecule has 0 aliphatic heterocycles. The van der Waals surface area contributed by atoms with Crippen LogP contribution in [0.5, 0.6) is 17.2 Å². The molecule has 25 heavy (non-hydrogen) atoms. The van der Waals surface area contributed by atoms with Crippen LogP contribution in [-0.4, -0.2) is 33.7 Å². The second-order valence-corrected chi connectivity index (χ2v) is 8.74. The van der Waals surface area contributed by atoms with E-state index < -0.39 is 46.5 Å². The molecule has 0 fully saturated rings. The molecule has 2 aromatic rings. The summed E-state index contributed by atoms with van der Waals surface area (Å²) in [4.78, 5) is -2.47. The van der Waals surface area contributed by atoms with E-state index in [9.17, 15) is 35.1 Å². The molecule has 0 radical (unpaired) electrons. The number of phenols is 1. The summed E-state index contributed by atoms with van der Waals surface area (Å²) in [6, 6.07) is 8.30. The van der Waals surface area contributed by atoms with Crippen LogP contribution >= 0.6 is 0 Å². The Kier molecular flexibility index (Phi) is 4.75. The van der Waals surface area contributed by atoms with Gasteiger partial charge in [0.05, 0.1) is 0 Å². The van der Waals surface area contributed by atoms with Gasteiger partial charge in [-0.15, -0.1) is 0 Å². The number of rotatable bonds is 4. The zero-order valence-electron chi connectivity index (χ0n) is 12.5.